The normalized spacial score (nSPS) is 18.1. The summed E-state index contributed by atoms with van der Waals surface area (Å²) in [6, 6.07) is 5.03. The molecule has 1 aliphatic rings. The minimum atomic E-state index is -3.43. The second-order valence-electron chi connectivity index (χ2n) is 4.65. The Bertz CT molecular complexity index is 543. The Kier molecular flexibility index (Phi) is 4.44. The summed E-state index contributed by atoms with van der Waals surface area (Å²) >= 11 is 0. The Labute approximate surface area is 114 Å². The molecule has 1 unspecified atom stereocenters. The summed E-state index contributed by atoms with van der Waals surface area (Å²) in [7, 11) is -3.43. The van der Waals surface area contributed by atoms with Crippen LogP contribution >= 0.6 is 0 Å². The molecule has 1 aromatic rings. The van der Waals surface area contributed by atoms with E-state index in [0.29, 0.717) is 18.0 Å². The molecule has 0 radical (unpaired) electrons. The van der Waals surface area contributed by atoms with Crippen LogP contribution in [0.3, 0.4) is 0 Å². The summed E-state index contributed by atoms with van der Waals surface area (Å²) in [6.07, 6.45) is 0.880. The zero-order chi connectivity index (χ0) is 13.9. The van der Waals surface area contributed by atoms with Crippen molar-refractivity contribution >= 4 is 10.0 Å². The fourth-order valence-electron chi connectivity index (χ4n) is 2.10. The van der Waals surface area contributed by atoms with Gasteiger partial charge in [-0.25, -0.2) is 13.1 Å². The number of ether oxygens (including phenoxy) is 1. The third kappa shape index (κ3) is 3.46. The maximum Gasteiger partial charge on any atom is 0.240 e. The lowest BCUT2D eigenvalue weighted by atomic mass is 10.1. The molecule has 0 fully saturated rings. The second kappa shape index (κ2) is 5.90. The van der Waals surface area contributed by atoms with Gasteiger partial charge < -0.3 is 10.1 Å². The van der Waals surface area contributed by atoms with Crippen molar-refractivity contribution in [1.29, 1.82) is 0 Å². The lowest BCUT2D eigenvalue weighted by Gasteiger charge is -2.08. The van der Waals surface area contributed by atoms with Gasteiger partial charge in [0.15, 0.2) is 0 Å². The van der Waals surface area contributed by atoms with E-state index >= 15 is 0 Å². The Balaban J connectivity index is 2.07. The highest BCUT2D eigenvalue weighted by Crippen LogP contribution is 2.30. The molecule has 0 spiro atoms. The van der Waals surface area contributed by atoms with Crippen molar-refractivity contribution in [3.8, 4) is 5.75 Å². The van der Waals surface area contributed by atoms with E-state index in [4.69, 9.17) is 4.74 Å². The molecule has 1 heterocycles. The highest BCUT2D eigenvalue weighted by atomic mass is 32.2. The van der Waals surface area contributed by atoms with Gasteiger partial charge in [-0.2, -0.15) is 0 Å². The van der Waals surface area contributed by atoms with Crippen LogP contribution in [0.15, 0.2) is 23.1 Å². The molecule has 106 valence electrons. The molecule has 0 amide bonds. The van der Waals surface area contributed by atoms with E-state index in [9.17, 15) is 8.42 Å². The molecule has 1 aliphatic heterocycles. The van der Waals surface area contributed by atoms with Gasteiger partial charge in [-0.05, 0) is 37.2 Å². The quantitative estimate of drug-likeness (QED) is 0.762. The number of fused-ring (bicyclic) bond motifs is 1. The summed E-state index contributed by atoms with van der Waals surface area (Å²) in [4.78, 5) is 0.306. The van der Waals surface area contributed by atoms with Crippen LogP contribution in [0.25, 0.3) is 0 Å². The summed E-state index contributed by atoms with van der Waals surface area (Å²) < 4.78 is 32.3. The van der Waals surface area contributed by atoms with Gasteiger partial charge in [0.05, 0.1) is 4.90 Å². The van der Waals surface area contributed by atoms with E-state index in [1.807, 2.05) is 13.8 Å². The first-order valence-corrected chi connectivity index (χ1v) is 8.01. The molecule has 0 saturated heterocycles. The zero-order valence-corrected chi connectivity index (χ0v) is 12.1. The standard InChI is InChI=1S/C13H20N2O3S/c1-3-14-6-7-15-19(16,17)12-4-5-13-11(9-12)8-10(2)18-13/h4-5,9-10,14-15H,3,6-8H2,1-2H3. The van der Waals surface area contributed by atoms with Crippen molar-refractivity contribution in [1.82, 2.24) is 10.0 Å². The van der Waals surface area contributed by atoms with Crippen LogP contribution in [0, 0.1) is 0 Å². The summed E-state index contributed by atoms with van der Waals surface area (Å²) in [5.41, 5.74) is 0.960. The number of rotatable bonds is 6. The van der Waals surface area contributed by atoms with Gasteiger partial charge in [-0.1, -0.05) is 6.92 Å². The number of nitrogens with one attached hydrogen (secondary N) is 2. The lowest BCUT2D eigenvalue weighted by Crippen LogP contribution is -2.31. The van der Waals surface area contributed by atoms with E-state index < -0.39 is 10.0 Å². The molecule has 1 atom stereocenters. The third-order valence-corrected chi connectivity index (χ3v) is 4.48. The van der Waals surface area contributed by atoms with Crippen molar-refractivity contribution in [3.63, 3.8) is 0 Å². The van der Waals surface area contributed by atoms with Gasteiger partial charge in [0, 0.05) is 19.5 Å². The molecule has 0 aliphatic carbocycles. The van der Waals surface area contributed by atoms with Gasteiger partial charge in [-0.15, -0.1) is 0 Å². The fourth-order valence-corrected chi connectivity index (χ4v) is 3.18. The van der Waals surface area contributed by atoms with Gasteiger partial charge in [0.2, 0.25) is 10.0 Å². The Morgan fingerprint density at radius 2 is 2.16 bits per heavy atom. The van der Waals surface area contributed by atoms with E-state index in [1.165, 1.54) is 0 Å². The Morgan fingerprint density at radius 3 is 2.89 bits per heavy atom. The first-order valence-electron chi connectivity index (χ1n) is 6.53. The second-order valence-corrected chi connectivity index (χ2v) is 6.42. The maximum atomic E-state index is 12.1. The molecule has 2 N–H and O–H groups in total. The number of sulfonamides is 1. The van der Waals surface area contributed by atoms with Gasteiger partial charge in [-0.3, -0.25) is 0 Å². The fraction of sp³-hybridized carbons (Fsp3) is 0.538. The van der Waals surface area contributed by atoms with Crippen LogP contribution in [0.4, 0.5) is 0 Å². The van der Waals surface area contributed by atoms with Gasteiger partial charge in [0.25, 0.3) is 0 Å². The van der Waals surface area contributed by atoms with Gasteiger partial charge in [0.1, 0.15) is 11.9 Å². The van der Waals surface area contributed by atoms with Crippen molar-refractivity contribution < 1.29 is 13.2 Å². The molecule has 1 aromatic carbocycles. The topological polar surface area (TPSA) is 67.4 Å². The van der Waals surface area contributed by atoms with E-state index in [-0.39, 0.29) is 6.10 Å². The van der Waals surface area contributed by atoms with Crippen LogP contribution in [-0.4, -0.2) is 34.2 Å². The van der Waals surface area contributed by atoms with E-state index in [2.05, 4.69) is 10.0 Å². The number of hydrogen-bond acceptors (Lipinski definition) is 4. The third-order valence-electron chi connectivity index (χ3n) is 3.02. The van der Waals surface area contributed by atoms with E-state index in [1.54, 1.807) is 18.2 Å². The highest BCUT2D eigenvalue weighted by Gasteiger charge is 2.22. The highest BCUT2D eigenvalue weighted by molar-refractivity contribution is 7.89. The molecule has 0 bridgehead atoms. The number of hydrogen-bond donors (Lipinski definition) is 2. The van der Waals surface area contributed by atoms with Crippen molar-refractivity contribution in [2.75, 3.05) is 19.6 Å². The Hall–Kier alpha value is -1.11. The van der Waals surface area contributed by atoms with Crippen molar-refractivity contribution in [3.05, 3.63) is 23.8 Å². The molecule has 6 heteroatoms. The largest absolute Gasteiger partial charge is 0.490 e. The van der Waals surface area contributed by atoms with E-state index in [0.717, 1.165) is 24.3 Å². The average Bonchev–Trinajstić information content (AvgIpc) is 2.73. The molecule has 2 rings (SSSR count). The molecule has 5 nitrogen and oxygen atoms in total. The zero-order valence-electron chi connectivity index (χ0n) is 11.3. The maximum absolute atomic E-state index is 12.1. The van der Waals surface area contributed by atoms with Crippen LogP contribution in [0.1, 0.15) is 19.4 Å². The lowest BCUT2D eigenvalue weighted by molar-refractivity contribution is 0.254. The SMILES string of the molecule is CCNCCNS(=O)(=O)c1ccc2c(c1)CC(C)O2. The monoisotopic (exact) mass is 284 g/mol. The molecular formula is C13H20N2O3S. The number of benzene rings is 1. The minimum absolute atomic E-state index is 0.120. The molecule has 19 heavy (non-hydrogen) atoms. The van der Waals surface area contributed by atoms with Crippen LogP contribution < -0.4 is 14.8 Å². The Morgan fingerprint density at radius 1 is 1.37 bits per heavy atom. The summed E-state index contributed by atoms with van der Waals surface area (Å²) in [6.45, 7) is 5.80. The van der Waals surface area contributed by atoms with Gasteiger partial charge >= 0.3 is 0 Å². The average molecular weight is 284 g/mol. The molecular weight excluding hydrogens is 264 g/mol. The minimum Gasteiger partial charge on any atom is -0.490 e. The van der Waals surface area contributed by atoms with Crippen LogP contribution in [0.2, 0.25) is 0 Å². The van der Waals surface area contributed by atoms with Crippen LogP contribution in [0.5, 0.6) is 5.75 Å². The van der Waals surface area contributed by atoms with Crippen molar-refractivity contribution in [2.24, 2.45) is 0 Å². The summed E-state index contributed by atoms with van der Waals surface area (Å²) in [5.74, 6) is 0.791. The molecule has 0 saturated carbocycles. The first kappa shape index (κ1) is 14.3. The first-order chi connectivity index (χ1) is 9.03. The van der Waals surface area contributed by atoms with Crippen LogP contribution in [-0.2, 0) is 16.4 Å². The van der Waals surface area contributed by atoms with Crippen molar-refractivity contribution in [2.45, 2.75) is 31.3 Å². The predicted octanol–water partition coefficient (Wildman–Crippen LogP) is 0.898. The predicted molar refractivity (Wildman–Crippen MR) is 74.0 cm³/mol. The smallest absolute Gasteiger partial charge is 0.240 e. The number of likely N-dealkylation sites (N-methyl/N-ethyl adjacent to an activating group) is 1. The molecule has 0 aromatic heterocycles. The summed E-state index contributed by atoms with van der Waals surface area (Å²) in [5, 5.41) is 3.07.